The molecule has 0 aliphatic heterocycles. The molecule has 0 amide bonds. The van der Waals surface area contributed by atoms with E-state index in [1.54, 1.807) is 0 Å². The number of benzene rings is 1. The second-order valence-electron chi connectivity index (χ2n) is 3.91. The van der Waals surface area contributed by atoms with Crippen LogP contribution >= 0.6 is 0 Å². The first-order valence-corrected chi connectivity index (χ1v) is 6.56. The summed E-state index contributed by atoms with van der Waals surface area (Å²) in [7, 11) is -4.23. The Labute approximate surface area is 102 Å². The van der Waals surface area contributed by atoms with Gasteiger partial charge in [-0.3, -0.25) is 4.55 Å². The van der Waals surface area contributed by atoms with Crippen molar-refractivity contribution in [2.24, 2.45) is 5.73 Å². The Kier molecular flexibility index (Phi) is 4.36. The van der Waals surface area contributed by atoms with Gasteiger partial charge in [0.15, 0.2) is 0 Å². The van der Waals surface area contributed by atoms with Crippen molar-refractivity contribution in [2.75, 3.05) is 5.75 Å². The molecular weight excluding hydrogens is 271 g/mol. The van der Waals surface area contributed by atoms with Crippen molar-refractivity contribution in [3.63, 3.8) is 0 Å². The molecular formula is C10H12F3NO3S. The number of hydrogen-bond acceptors (Lipinski definition) is 3. The molecule has 18 heavy (non-hydrogen) atoms. The predicted octanol–water partition coefficient (Wildman–Crippen LogP) is 1.46. The Balaban J connectivity index is 2.80. The van der Waals surface area contributed by atoms with E-state index < -0.39 is 33.7 Å². The molecule has 0 spiro atoms. The Bertz CT molecular complexity index is 513. The standard InChI is InChI=1S/C10H12F3NO3S/c11-10(12,13)8-3-1-2-7(4-8)5-9(14)6-18(15,16)17/h1-4,9H,5-6,14H2,(H,15,16,17)/t9-/m0/s1. The fraction of sp³-hybridized carbons (Fsp3) is 0.400. The van der Waals surface area contributed by atoms with E-state index in [0.717, 1.165) is 12.1 Å². The van der Waals surface area contributed by atoms with Crippen LogP contribution in [0.1, 0.15) is 11.1 Å². The SMILES string of the molecule is N[C@@H](Cc1cccc(C(F)(F)F)c1)CS(=O)(=O)O. The summed E-state index contributed by atoms with van der Waals surface area (Å²) >= 11 is 0. The van der Waals surface area contributed by atoms with Gasteiger partial charge >= 0.3 is 6.18 Å². The lowest BCUT2D eigenvalue weighted by Crippen LogP contribution is -2.31. The van der Waals surface area contributed by atoms with Gasteiger partial charge in [0.1, 0.15) is 0 Å². The third-order valence-electron chi connectivity index (χ3n) is 2.18. The van der Waals surface area contributed by atoms with E-state index in [0.29, 0.717) is 0 Å². The molecule has 0 aromatic heterocycles. The highest BCUT2D eigenvalue weighted by Gasteiger charge is 2.30. The minimum atomic E-state index is -4.46. The number of nitrogens with two attached hydrogens (primary N) is 1. The van der Waals surface area contributed by atoms with Crippen molar-refractivity contribution in [3.8, 4) is 0 Å². The van der Waals surface area contributed by atoms with Crippen LogP contribution in [0.5, 0.6) is 0 Å². The molecule has 0 aliphatic carbocycles. The van der Waals surface area contributed by atoms with Gasteiger partial charge in [-0.05, 0) is 18.1 Å². The number of rotatable bonds is 4. The smallest absolute Gasteiger partial charge is 0.326 e. The summed E-state index contributed by atoms with van der Waals surface area (Å²) in [6, 6.07) is 3.50. The highest BCUT2D eigenvalue weighted by Crippen LogP contribution is 2.29. The number of alkyl halides is 3. The van der Waals surface area contributed by atoms with Gasteiger partial charge < -0.3 is 5.73 Å². The molecule has 0 radical (unpaired) electrons. The summed E-state index contributed by atoms with van der Waals surface area (Å²) in [5.41, 5.74) is 4.88. The van der Waals surface area contributed by atoms with Crippen LogP contribution in [0, 0.1) is 0 Å². The van der Waals surface area contributed by atoms with Gasteiger partial charge in [0.25, 0.3) is 10.1 Å². The van der Waals surface area contributed by atoms with Crippen molar-refractivity contribution >= 4 is 10.1 Å². The first kappa shape index (κ1) is 14.9. The van der Waals surface area contributed by atoms with Crippen molar-refractivity contribution in [3.05, 3.63) is 35.4 Å². The van der Waals surface area contributed by atoms with Crippen molar-refractivity contribution in [2.45, 2.75) is 18.6 Å². The maximum atomic E-state index is 12.4. The minimum absolute atomic E-state index is 0.0658. The van der Waals surface area contributed by atoms with Crippen LogP contribution in [0.3, 0.4) is 0 Å². The number of hydrogen-bond donors (Lipinski definition) is 2. The van der Waals surface area contributed by atoms with Gasteiger partial charge in [0, 0.05) is 6.04 Å². The molecule has 0 saturated heterocycles. The normalized spacial score (nSPS) is 14.5. The Morgan fingerprint density at radius 3 is 2.44 bits per heavy atom. The molecule has 4 nitrogen and oxygen atoms in total. The second kappa shape index (κ2) is 5.25. The summed E-state index contributed by atoms with van der Waals surface area (Å²) < 4.78 is 66.9. The molecule has 0 unspecified atom stereocenters. The average Bonchev–Trinajstić information content (AvgIpc) is 2.13. The third-order valence-corrected chi connectivity index (χ3v) is 3.03. The van der Waals surface area contributed by atoms with Crippen LogP contribution in [0.4, 0.5) is 13.2 Å². The maximum Gasteiger partial charge on any atom is 0.416 e. The molecule has 1 aromatic rings. The van der Waals surface area contributed by atoms with E-state index in [1.807, 2.05) is 0 Å². The molecule has 0 heterocycles. The van der Waals surface area contributed by atoms with Gasteiger partial charge in [-0.2, -0.15) is 21.6 Å². The van der Waals surface area contributed by atoms with Gasteiger partial charge in [0.2, 0.25) is 0 Å². The Morgan fingerprint density at radius 2 is 1.94 bits per heavy atom. The minimum Gasteiger partial charge on any atom is -0.326 e. The highest BCUT2D eigenvalue weighted by molar-refractivity contribution is 7.85. The topological polar surface area (TPSA) is 80.4 Å². The molecule has 0 saturated carbocycles. The third kappa shape index (κ3) is 5.03. The van der Waals surface area contributed by atoms with Crippen LogP contribution in [0.15, 0.2) is 24.3 Å². The van der Waals surface area contributed by atoms with Gasteiger partial charge in [0.05, 0.1) is 11.3 Å². The van der Waals surface area contributed by atoms with E-state index in [9.17, 15) is 21.6 Å². The molecule has 0 aliphatic rings. The molecule has 0 bridgehead atoms. The molecule has 8 heteroatoms. The lowest BCUT2D eigenvalue weighted by atomic mass is 10.0. The van der Waals surface area contributed by atoms with E-state index in [-0.39, 0.29) is 12.0 Å². The lowest BCUT2D eigenvalue weighted by Gasteiger charge is -2.12. The largest absolute Gasteiger partial charge is 0.416 e. The summed E-state index contributed by atoms with van der Waals surface area (Å²) in [5.74, 6) is -0.691. The van der Waals surface area contributed by atoms with E-state index in [1.165, 1.54) is 12.1 Å². The van der Waals surface area contributed by atoms with Crippen LogP contribution in [-0.2, 0) is 22.7 Å². The molecule has 1 atom stereocenters. The fourth-order valence-corrected chi connectivity index (χ4v) is 2.17. The summed E-state index contributed by atoms with van der Waals surface area (Å²) in [4.78, 5) is 0. The first-order valence-electron chi connectivity index (χ1n) is 4.95. The van der Waals surface area contributed by atoms with Gasteiger partial charge in [-0.1, -0.05) is 18.2 Å². The van der Waals surface area contributed by atoms with E-state index in [2.05, 4.69) is 0 Å². The Hall–Kier alpha value is -1.12. The first-order chi connectivity index (χ1) is 8.08. The predicted molar refractivity (Wildman–Crippen MR) is 59.5 cm³/mol. The molecule has 3 N–H and O–H groups in total. The zero-order valence-corrected chi connectivity index (χ0v) is 10.0. The van der Waals surface area contributed by atoms with Crippen molar-refractivity contribution < 1.29 is 26.1 Å². The summed E-state index contributed by atoms with van der Waals surface area (Å²) in [6.45, 7) is 0. The van der Waals surface area contributed by atoms with Crippen LogP contribution < -0.4 is 5.73 Å². The zero-order valence-electron chi connectivity index (χ0n) is 9.18. The van der Waals surface area contributed by atoms with Crippen LogP contribution in [0.2, 0.25) is 0 Å². The van der Waals surface area contributed by atoms with Crippen molar-refractivity contribution in [1.29, 1.82) is 0 Å². The van der Waals surface area contributed by atoms with Crippen LogP contribution in [-0.4, -0.2) is 24.8 Å². The average molecular weight is 283 g/mol. The fourth-order valence-electron chi connectivity index (χ4n) is 1.51. The number of halogens is 3. The zero-order chi connectivity index (χ0) is 14.0. The second-order valence-corrected chi connectivity index (χ2v) is 5.41. The molecule has 0 fully saturated rings. The maximum absolute atomic E-state index is 12.4. The summed E-state index contributed by atoms with van der Waals surface area (Å²) in [6.07, 6.45) is -4.52. The van der Waals surface area contributed by atoms with E-state index in [4.69, 9.17) is 10.3 Å². The molecule has 1 aromatic carbocycles. The van der Waals surface area contributed by atoms with Crippen molar-refractivity contribution in [1.82, 2.24) is 0 Å². The highest BCUT2D eigenvalue weighted by atomic mass is 32.2. The van der Waals surface area contributed by atoms with E-state index >= 15 is 0 Å². The Morgan fingerprint density at radius 1 is 1.33 bits per heavy atom. The monoisotopic (exact) mass is 283 g/mol. The van der Waals surface area contributed by atoms with Gasteiger partial charge in [-0.25, -0.2) is 0 Å². The lowest BCUT2D eigenvalue weighted by molar-refractivity contribution is -0.137. The quantitative estimate of drug-likeness (QED) is 0.820. The summed E-state index contributed by atoms with van der Waals surface area (Å²) in [5, 5.41) is 0. The van der Waals surface area contributed by atoms with Crippen LogP contribution in [0.25, 0.3) is 0 Å². The van der Waals surface area contributed by atoms with Gasteiger partial charge in [-0.15, -0.1) is 0 Å². The molecule has 102 valence electrons. The molecule has 1 rings (SSSR count).